The van der Waals surface area contributed by atoms with Crippen LogP contribution in [0.1, 0.15) is 25.7 Å². The van der Waals surface area contributed by atoms with Crippen LogP contribution < -0.4 is 0 Å². The van der Waals surface area contributed by atoms with Crippen molar-refractivity contribution >= 4 is 5.97 Å². The van der Waals surface area contributed by atoms with E-state index in [1.54, 1.807) is 0 Å². The third-order valence-corrected chi connectivity index (χ3v) is 8.12. The summed E-state index contributed by atoms with van der Waals surface area (Å²) in [5.41, 5.74) is 0. The lowest BCUT2D eigenvalue weighted by Gasteiger charge is -2.42. The second kappa shape index (κ2) is 3.56. The van der Waals surface area contributed by atoms with Gasteiger partial charge in [-0.05, 0) is 72.5 Å². The normalized spacial score (nSPS) is 64.3. The SMILES string of the molecule is O=C(O)CC1CC2CC1C1C3OC(C4C5C=CC(C5)C34)C21. The average molecular weight is 286 g/mol. The van der Waals surface area contributed by atoms with Gasteiger partial charge in [-0.25, -0.2) is 0 Å². The summed E-state index contributed by atoms with van der Waals surface area (Å²) < 4.78 is 6.53. The maximum absolute atomic E-state index is 11.1. The molecule has 0 aromatic rings. The number of rotatable bonds is 2. The van der Waals surface area contributed by atoms with Gasteiger partial charge < -0.3 is 9.84 Å². The Morgan fingerprint density at radius 3 is 2.43 bits per heavy atom. The fourth-order valence-electron chi connectivity index (χ4n) is 7.88. The first-order valence-corrected chi connectivity index (χ1v) is 8.78. The minimum atomic E-state index is -0.603. The molecule has 6 rings (SSSR count). The molecule has 21 heavy (non-hydrogen) atoms. The first kappa shape index (κ1) is 11.7. The molecule has 0 radical (unpaired) electrons. The van der Waals surface area contributed by atoms with Crippen molar-refractivity contribution in [1.29, 1.82) is 0 Å². The largest absolute Gasteiger partial charge is 0.481 e. The molecule has 6 bridgehead atoms. The lowest BCUT2D eigenvalue weighted by Crippen LogP contribution is -2.45. The molecule has 3 heteroatoms. The second-order valence-electron chi connectivity index (χ2n) is 8.58. The molecular formula is C18H22O3. The summed E-state index contributed by atoms with van der Waals surface area (Å²) in [6, 6.07) is 0. The molecule has 1 N–H and O–H groups in total. The van der Waals surface area contributed by atoms with Crippen molar-refractivity contribution in [1.82, 2.24) is 0 Å². The minimum Gasteiger partial charge on any atom is -0.481 e. The molecule has 0 aromatic heterocycles. The number of hydrogen-bond acceptors (Lipinski definition) is 2. The molecule has 0 aromatic carbocycles. The molecule has 0 spiro atoms. The highest BCUT2D eigenvalue weighted by molar-refractivity contribution is 5.67. The van der Waals surface area contributed by atoms with Crippen molar-refractivity contribution in [3.8, 4) is 0 Å². The smallest absolute Gasteiger partial charge is 0.303 e. The topological polar surface area (TPSA) is 46.5 Å². The van der Waals surface area contributed by atoms with Gasteiger partial charge in [0, 0.05) is 6.42 Å². The molecule has 2 saturated heterocycles. The van der Waals surface area contributed by atoms with E-state index in [4.69, 9.17) is 4.74 Å². The molecule has 4 aliphatic carbocycles. The summed E-state index contributed by atoms with van der Waals surface area (Å²) >= 11 is 0. The van der Waals surface area contributed by atoms with Crippen LogP contribution in [-0.4, -0.2) is 23.3 Å². The molecule has 3 saturated carbocycles. The Morgan fingerprint density at radius 2 is 1.71 bits per heavy atom. The molecule has 3 nitrogen and oxygen atoms in total. The lowest BCUT2D eigenvalue weighted by atomic mass is 9.59. The number of allylic oxidation sites excluding steroid dienone is 2. The summed E-state index contributed by atoms with van der Waals surface area (Å²) in [5.74, 6) is 5.88. The van der Waals surface area contributed by atoms with Gasteiger partial charge in [0.15, 0.2) is 0 Å². The number of ether oxygens (including phenoxy) is 1. The van der Waals surface area contributed by atoms with Crippen molar-refractivity contribution in [2.45, 2.75) is 37.9 Å². The van der Waals surface area contributed by atoms with Gasteiger partial charge in [0.1, 0.15) is 0 Å². The maximum Gasteiger partial charge on any atom is 0.303 e. The Labute approximate surface area is 124 Å². The molecule has 6 aliphatic rings. The quantitative estimate of drug-likeness (QED) is 0.794. The van der Waals surface area contributed by atoms with Gasteiger partial charge in [-0.2, -0.15) is 0 Å². The van der Waals surface area contributed by atoms with E-state index < -0.39 is 5.97 Å². The number of aliphatic carboxylic acids is 1. The fourth-order valence-corrected chi connectivity index (χ4v) is 7.88. The highest BCUT2D eigenvalue weighted by atomic mass is 16.5. The number of carbonyl (C=O) groups is 1. The van der Waals surface area contributed by atoms with E-state index in [9.17, 15) is 9.90 Å². The monoisotopic (exact) mass is 286 g/mol. The zero-order valence-electron chi connectivity index (χ0n) is 12.1. The van der Waals surface area contributed by atoms with Crippen molar-refractivity contribution in [3.63, 3.8) is 0 Å². The standard InChI is InChI=1S/C18H22O3/c19-12(20)6-9-4-10-5-11(9)16-15(10)17-13-7-1-2-8(3-7)14(13)18(16)21-17/h1-2,7-11,13-18H,3-6H2,(H,19,20). The minimum absolute atomic E-state index is 0.391. The first-order valence-electron chi connectivity index (χ1n) is 8.78. The van der Waals surface area contributed by atoms with Gasteiger partial charge in [0.25, 0.3) is 0 Å². The van der Waals surface area contributed by atoms with Gasteiger partial charge in [-0.1, -0.05) is 12.2 Å². The summed E-state index contributed by atoms with van der Waals surface area (Å²) in [5, 5.41) is 9.17. The van der Waals surface area contributed by atoms with Gasteiger partial charge in [0.05, 0.1) is 12.2 Å². The third kappa shape index (κ3) is 1.22. The Kier molecular flexibility index (Phi) is 1.98. The Balaban J connectivity index is 1.35. The highest BCUT2D eigenvalue weighted by Gasteiger charge is 2.72. The van der Waals surface area contributed by atoms with E-state index in [1.807, 2.05) is 0 Å². The number of hydrogen-bond donors (Lipinski definition) is 1. The lowest BCUT2D eigenvalue weighted by molar-refractivity contribution is -0.139. The molecule has 112 valence electrons. The Hall–Kier alpha value is -0.830. The van der Waals surface area contributed by atoms with Crippen molar-refractivity contribution in [2.24, 2.45) is 53.3 Å². The summed E-state index contributed by atoms with van der Waals surface area (Å²) in [4.78, 5) is 11.1. The van der Waals surface area contributed by atoms with Crippen LogP contribution in [0, 0.1) is 53.3 Å². The van der Waals surface area contributed by atoms with Crippen LogP contribution >= 0.6 is 0 Å². The van der Waals surface area contributed by atoms with Gasteiger partial charge >= 0.3 is 5.97 Å². The van der Waals surface area contributed by atoms with E-state index in [0.717, 1.165) is 41.9 Å². The van der Waals surface area contributed by atoms with E-state index in [-0.39, 0.29) is 0 Å². The maximum atomic E-state index is 11.1. The predicted molar refractivity (Wildman–Crippen MR) is 75.3 cm³/mol. The van der Waals surface area contributed by atoms with Crippen LogP contribution in [0.3, 0.4) is 0 Å². The second-order valence-corrected chi connectivity index (χ2v) is 8.58. The number of carboxylic acid groups (broad SMARTS) is 1. The molecule has 5 fully saturated rings. The highest BCUT2D eigenvalue weighted by Crippen LogP contribution is 2.71. The number of carboxylic acids is 1. The molecule has 11 atom stereocenters. The Bertz CT molecular complexity index is 555. The fraction of sp³-hybridized carbons (Fsp3) is 0.833. The summed E-state index contributed by atoms with van der Waals surface area (Å²) in [6.07, 6.45) is 10.1. The zero-order chi connectivity index (χ0) is 13.9. The molecule has 2 aliphatic heterocycles. The molecule has 2 heterocycles. The van der Waals surface area contributed by atoms with E-state index in [0.29, 0.717) is 36.4 Å². The van der Waals surface area contributed by atoms with Crippen LogP contribution in [0.25, 0.3) is 0 Å². The van der Waals surface area contributed by atoms with Gasteiger partial charge in [-0.15, -0.1) is 0 Å². The van der Waals surface area contributed by atoms with E-state index in [1.165, 1.54) is 12.8 Å². The van der Waals surface area contributed by atoms with Crippen LogP contribution in [-0.2, 0) is 9.53 Å². The van der Waals surface area contributed by atoms with Gasteiger partial charge in [0.2, 0.25) is 0 Å². The number of fused-ring (bicyclic) bond motifs is 16. The van der Waals surface area contributed by atoms with Crippen LogP contribution in [0.2, 0.25) is 0 Å². The van der Waals surface area contributed by atoms with Crippen molar-refractivity contribution in [2.75, 3.05) is 0 Å². The van der Waals surface area contributed by atoms with Gasteiger partial charge in [-0.3, -0.25) is 4.79 Å². The van der Waals surface area contributed by atoms with Crippen LogP contribution in [0.5, 0.6) is 0 Å². The van der Waals surface area contributed by atoms with Crippen LogP contribution in [0.4, 0.5) is 0 Å². The van der Waals surface area contributed by atoms with Crippen molar-refractivity contribution in [3.05, 3.63) is 12.2 Å². The average Bonchev–Trinajstić information content (AvgIpc) is 3.22. The molecular weight excluding hydrogens is 264 g/mol. The Morgan fingerprint density at radius 1 is 1.00 bits per heavy atom. The predicted octanol–water partition coefficient (Wildman–Crippen LogP) is 2.57. The summed E-state index contributed by atoms with van der Waals surface area (Å²) in [7, 11) is 0. The van der Waals surface area contributed by atoms with Crippen molar-refractivity contribution < 1.29 is 14.6 Å². The molecule has 11 unspecified atom stereocenters. The zero-order valence-corrected chi connectivity index (χ0v) is 12.1. The van der Waals surface area contributed by atoms with Crippen LogP contribution in [0.15, 0.2) is 12.2 Å². The summed E-state index contributed by atoms with van der Waals surface area (Å²) in [6.45, 7) is 0. The molecule has 0 amide bonds. The third-order valence-electron chi connectivity index (χ3n) is 8.12. The first-order chi connectivity index (χ1) is 10.2. The van der Waals surface area contributed by atoms with E-state index >= 15 is 0 Å². The van der Waals surface area contributed by atoms with E-state index in [2.05, 4.69) is 12.2 Å².